The number of urea groups is 1. The number of likely N-dealkylation sites (tertiary alicyclic amines) is 1. The molecule has 9 rings (SSSR count). The van der Waals surface area contributed by atoms with Crippen LogP contribution in [0.1, 0.15) is 112 Å². The molecule has 4 atom stereocenters. The molecule has 3 aromatic rings. The van der Waals surface area contributed by atoms with Gasteiger partial charge >= 0.3 is 6.03 Å². The highest BCUT2D eigenvalue weighted by molar-refractivity contribution is 5.75. The molecule has 6 fully saturated rings. The first-order chi connectivity index (χ1) is 24.9. The van der Waals surface area contributed by atoms with Gasteiger partial charge < -0.3 is 30.1 Å². The third-order valence-corrected chi connectivity index (χ3v) is 12.8. The topological polar surface area (TPSA) is 83.1 Å². The summed E-state index contributed by atoms with van der Waals surface area (Å²) in [6.45, 7) is 5.93. The molecule has 2 heterocycles. The molecule has 3 N–H and O–H groups in total. The molecule has 7 heteroatoms. The number of carbonyl (C=O) groups is 1. The predicted octanol–water partition coefficient (Wildman–Crippen LogP) is 8.67. The van der Waals surface area contributed by atoms with E-state index in [0.717, 1.165) is 90.0 Å². The van der Waals surface area contributed by atoms with Crippen LogP contribution in [-0.4, -0.2) is 47.3 Å². The van der Waals surface area contributed by atoms with Gasteiger partial charge in [0.2, 0.25) is 0 Å². The molecule has 51 heavy (non-hydrogen) atoms. The fourth-order valence-electron chi connectivity index (χ4n) is 10.5. The van der Waals surface area contributed by atoms with Gasteiger partial charge in [0.15, 0.2) is 6.29 Å². The van der Waals surface area contributed by atoms with Gasteiger partial charge in [0.1, 0.15) is 0 Å². The number of aliphatic hydroxyl groups excluding tert-OH is 1. The van der Waals surface area contributed by atoms with Crippen molar-refractivity contribution in [2.24, 2.45) is 23.7 Å². The molecule has 0 radical (unpaired) electrons. The second-order valence-corrected chi connectivity index (χ2v) is 16.7. The van der Waals surface area contributed by atoms with Crippen LogP contribution >= 0.6 is 0 Å². The van der Waals surface area contributed by atoms with E-state index in [1.165, 1.54) is 51.4 Å². The Balaban J connectivity index is 0.966. The van der Waals surface area contributed by atoms with Gasteiger partial charge in [-0.15, -0.1) is 0 Å². The Bertz CT molecular complexity index is 1600. The van der Waals surface area contributed by atoms with Gasteiger partial charge in [-0.2, -0.15) is 0 Å². The van der Waals surface area contributed by atoms with Crippen LogP contribution in [0.15, 0.2) is 72.8 Å². The summed E-state index contributed by atoms with van der Waals surface area (Å²) in [5.41, 5.74) is 6.33. The number of hydrogen-bond acceptors (Lipinski definition) is 5. The van der Waals surface area contributed by atoms with E-state index in [0.29, 0.717) is 6.54 Å². The monoisotopic (exact) mass is 691 g/mol. The first-order valence-corrected chi connectivity index (χ1v) is 19.9. The van der Waals surface area contributed by atoms with Crippen molar-refractivity contribution >= 4 is 6.03 Å². The zero-order valence-corrected chi connectivity index (χ0v) is 30.4. The molecular weight excluding hydrogens is 635 g/mol. The number of ether oxygens (including phenoxy) is 2. The van der Waals surface area contributed by atoms with Gasteiger partial charge in [0, 0.05) is 30.1 Å². The fourth-order valence-corrected chi connectivity index (χ4v) is 10.5. The number of nitrogens with zero attached hydrogens (tertiary/aromatic N) is 1. The minimum atomic E-state index is -0.499. The number of benzene rings is 3. The van der Waals surface area contributed by atoms with Crippen molar-refractivity contribution in [1.82, 2.24) is 15.5 Å². The smallest absolute Gasteiger partial charge is 0.315 e. The second kappa shape index (κ2) is 15.4. The van der Waals surface area contributed by atoms with Gasteiger partial charge in [0.25, 0.3) is 0 Å². The third-order valence-electron chi connectivity index (χ3n) is 12.8. The Kier molecular flexibility index (Phi) is 10.5. The zero-order valence-electron chi connectivity index (χ0n) is 30.4. The Labute approximate surface area is 304 Å². The van der Waals surface area contributed by atoms with Crippen LogP contribution in [0, 0.1) is 23.7 Å². The highest BCUT2D eigenvalue weighted by Crippen LogP contribution is 2.55. The summed E-state index contributed by atoms with van der Waals surface area (Å²) in [5, 5.41) is 16.3. The Morgan fingerprint density at radius 1 is 0.784 bits per heavy atom. The van der Waals surface area contributed by atoms with E-state index in [9.17, 15) is 9.90 Å². The molecule has 2 aliphatic heterocycles. The minimum Gasteiger partial charge on any atom is -0.392 e. The summed E-state index contributed by atoms with van der Waals surface area (Å²) >= 11 is 0. The highest BCUT2D eigenvalue weighted by Gasteiger charge is 2.51. The highest BCUT2D eigenvalue weighted by atomic mass is 16.7. The van der Waals surface area contributed by atoms with Crippen molar-refractivity contribution in [3.63, 3.8) is 0 Å². The van der Waals surface area contributed by atoms with E-state index in [2.05, 4.69) is 83.1 Å². The van der Waals surface area contributed by atoms with Crippen molar-refractivity contribution in [1.29, 1.82) is 0 Å². The Morgan fingerprint density at radius 3 is 2.12 bits per heavy atom. The molecule has 4 bridgehead atoms. The molecular formula is C44H57N3O4. The molecule has 272 valence electrons. The standard InChI is InChI=1S/C44H57N3O4/c1-30-40(28-47-17-5-3-2-4-6-18-47)50-42(51-41(30)36-15-13-31(29-48)14-16-36)39-12-8-11-38(23-39)37-10-7-9-32(22-37)27-45-43(49)46-44-24-33-19-34(25-44)21-35(20-33)26-44/h7-16,22-23,30,33-35,40-42,48H,2-6,17-21,24-29H2,1H3,(H2,45,46,49)/t30-,33?,34?,35?,40+,41+,42+,44?/m1/s1. The summed E-state index contributed by atoms with van der Waals surface area (Å²) in [4.78, 5) is 15.8. The molecule has 4 aliphatic carbocycles. The van der Waals surface area contributed by atoms with E-state index in [1.807, 2.05) is 12.1 Å². The lowest BCUT2D eigenvalue weighted by atomic mass is 9.53. The average molecular weight is 692 g/mol. The van der Waals surface area contributed by atoms with Crippen molar-refractivity contribution in [3.8, 4) is 11.1 Å². The lowest BCUT2D eigenvalue weighted by Crippen LogP contribution is -2.61. The molecule has 0 unspecified atom stereocenters. The number of aliphatic hydroxyl groups is 1. The van der Waals surface area contributed by atoms with Gasteiger partial charge in [-0.25, -0.2) is 4.79 Å². The van der Waals surface area contributed by atoms with Crippen molar-refractivity contribution in [2.75, 3.05) is 19.6 Å². The summed E-state index contributed by atoms with van der Waals surface area (Å²) in [5.74, 6) is 2.57. The van der Waals surface area contributed by atoms with Crippen LogP contribution in [0.5, 0.6) is 0 Å². The molecule has 2 saturated heterocycles. The number of hydrogen-bond donors (Lipinski definition) is 3. The van der Waals surface area contributed by atoms with Crippen LogP contribution < -0.4 is 10.6 Å². The lowest BCUT2D eigenvalue weighted by Gasteiger charge is -2.56. The maximum atomic E-state index is 13.2. The summed E-state index contributed by atoms with van der Waals surface area (Å²) in [6, 6.07) is 25.2. The van der Waals surface area contributed by atoms with Crippen LogP contribution in [0.2, 0.25) is 0 Å². The van der Waals surface area contributed by atoms with Gasteiger partial charge in [-0.05, 0) is 122 Å². The Hall–Kier alpha value is -3.23. The van der Waals surface area contributed by atoms with Crippen LogP contribution in [-0.2, 0) is 22.6 Å². The number of amides is 2. The van der Waals surface area contributed by atoms with Gasteiger partial charge in [-0.3, -0.25) is 0 Å². The molecule has 7 nitrogen and oxygen atoms in total. The third kappa shape index (κ3) is 8.07. The predicted molar refractivity (Wildman–Crippen MR) is 201 cm³/mol. The summed E-state index contributed by atoms with van der Waals surface area (Å²) in [7, 11) is 0. The van der Waals surface area contributed by atoms with Crippen molar-refractivity contribution < 1.29 is 19.4 Å². The molecule has 2 amide bonds. The van der Waals surface area contributed by atoms with E-state index in [-0.39, 0.29) is 36.3 Å². The number of rotatable bonds is 9. The number of carbonyl (C=O) groups excluding carboxylic acids is 1. The maximum absolute atomic E-state index is 13.2. The Morgan fingerprint density at radius 2 is 1.43 bits per heavy atom. The first-order valence-electron chi connectivity index (χ1n) is 19.9. The molecule has 3 aromatic carbocycles. The maximum Gasteiger partial charge on any atom is 0.315 e. The van der Waals surface area contributed by atoms with E-state index in [1.54, 1.807) is 0 Å². The lowest BCUT2D eigenvalue weighted by molar-refractivity contribution is -0.276. The average Bonchev–Trinajstić information content (AvgIpc) is 3.12. The van der Waals surface area contributed by atoms with Crippen LogP contribution in [0.3, 0.4) is 0 Å². The number of nitrogens with one attached hydrogen (secondary N) is 2. The van der Waals surface area contributed by atoms with Gasteiger partial charge in [0.05, 0.1) is 18.8 Å². The van der Waals surface area contributed by atoms with Crippen molar-refractivity contribution in [2.45, 2.75) is 115 Å². The molecule has 0 aromatic heterocycles. The van der Waals surface area contributed by atoms with E-state index >= 15 is 0 Å². The van der Waals surface area contributed by atoms with Crippen LogP contribution in [0.4, 0.5) is 4.79 Å². The zero-order chi connectivity index (χ0) is 34.8. The second-order valence-electron chi connectivity index (χ2n) is 16.7. The SMILES string of the molecule is C[C@@H]1[C@H](CN2CCCCCCC2)O[C@H](c2cccc(-c3cccc(CNC(=O)NC45CC6CC(CC(C6)C4)C5)c3)c2)O[C@@H]1c1ccc(CO)cc1. The normalized spacial score (nSPS) is 32.2. The molecule has 4 saturated carbocycles. The fraction of sp³-hybridized carbons (Fsp3) is 0.568. The van der Waals surface area contributed by atoms with Gasteiger partial charge in [-0.1, -0.05) is 86.8 Å². The molecule has 0 spiro atoms. The quantitative estimate of drug-likeness (QED) is 0.209. The van der Waals surface area contributed by atoms with Crippen LogP contribution in [0.25, 0.3) is 11.1 Å². The molecule has 6 aliphatic rings. The largest absolute Gasteiger partial charge is 0.392 e. The van der Waals surface area contributed by atoms with E-state index in [4.69, 9.17) is 9.47 Å². The van der Waals surface area contributed by atoms with Crippen molar-refractivity contribution in [3.05, 3.63) is 95.1 Å². The van der Waals surface area contributed by atoms with E-state index < -0.39 is 6.29 Å². The first kappa shape index (κ1) is 34.8. The minimum absolute atomic E-state index is 0.00945. The summed E-state index contributed by atoms with van der Waals surface area (Å²) in [6.07, 6.45) is 13.4. The summed E-state index contributed by atoms with van der Waals surface area (Å²) < 4.78 is 13.7.